The fraction of sp³-hybridized carbons (Fsp3) is 0.222. The lowest BCUT2D eigenvalue weighted by molar-refractivity contribution is -0.146. The van der Waals surface area contributed by atoms with Crippen molar-refractivity contribution >= 4 is 22.7 Å². The lowest BCUT2D eigenvalue weighted by Crippen LogP contribution is -2.34. The van der Waals surface area contributed by atoms with Crippen LogP contribution in [0.2, 0.25) is 0 Å². The number of halogens is 1. The van der Waals surface area contributed by atoms with Crippen molar-refractivity contribution < 1.29 is 13.9 Å². The van der Waals surface area contributed by atoms with Crippen LogP contribution < -0.4 is 17.0 Å². The Hall–Kier alpha value is -5.75. The third kappa shape index (κ3) is 6.42. The Morgan fingerprint density at radius 2 is 1.85 bits per heavy atom. The van der Waals surface area contributed by atoms with E-state index in [9.17, 15) is 9.59 Å². The van der Waals surface area contributed by atoms with Gasteiger partial charge in [0.05, 0.1) is 17.3 Å². The van der Waals surface area contributed by atoms with E-state index in [0.29, 0.717) is 40.4 Å². The number of esters is 1. The maximum Gasteiger partial charge on any atom is 0.323 e. The number of fused-ring (bicyclic) bond motifs is 1. The zero-order valence-electron chi connectivity index (χ0n) is 26.2. The molecule has 48 heavy (non-hydrogen) atoms. The number of ether oxygens (including phenoxy) is 1. The van der Waals surface area contributed by atoms with Gasteiger partial charge in [-0.2, -0.15) is 15.1 Å². The van der Waals surface area contributed by atoms with E-state index in [4.69, 9.17) is 16.2 Å². The molecule has 3 aromatic heterocycles. The molecule has 0 unspecified atom stereocenters. The van der Waals surface area contributed by atoms with Gasteiger partial charge in [0, 0.05) is 37.0 Å². The average Bonchev–Trinajstić information content (AvgIpc) is 3.85. The number of aromatic nitrogens is 6. The molecule has 1 atom stereocenters. The van der Waals surface area contributed by atoms with Crippen molar-refractivity contribution in [2.75, 3.05) is 5.73 Å². The lowest BCUT2D eigenvalue weighted by atomic mass is 10.0. The number of carbonyl (C=O) groups excluding carboxylic acids is 1. The highest BCUT2D eigenvalue weighted by Crippen LogP contribution is 2.41. The zero-order valence-corrected chi connectivity index (χ0v) is 26.2. The number of nitrogens with zero attached hydrogens (tertiary/aromatic N) is 6. The van der Waals surface area contributed by atoms with Crippen LogP contribution in [0.3, 0.4) is 0 Å². The highest BCUT2D eigenvalue weighted by Gasteiger charge is 2.26. The second-order valence-corrected chi connectivity index (χ2v) is 12.1. The predicted octanol–water partition coefficient (Wildman–Crippen LogP) is 4.38. The number of nitrogens with two attached hydrogens (primary N) is 2. The summed E-state index contributed by atoms with van der Waals surface area (Å²) in [7, 11) is 1.81. The second kappa shape index (κ2) is 12.8. The van der Waals surface area contributed by atoms with Gasteiger partial charge in [0.25, 0.3) is 5.56 Å². The summed E-state index contributed by atoms with van der Waals surface area (Å²) in [6, 6.07) is 18.7. The summed E-state index contributed by atoms with van der Waals surface area (Å²) in [6.45, 7) is -0.274. The van der Waals surface area contributed by atoms with Crippen molar-refractivity contribution in [3.05, 3.63) is 130 Å². The lowest BCUT2D eigenvalue weighted by Gasteiger charge is -2.18. The molecular formula is C36H33FN8O3. The summed E-state index contributed by atoms with van der Waals surface area (Å²) in [5.74, 6) is -0.259. The summed E-state index contributed by atoms with van der Waals surface area (Å²) >= 11 is 0. The van der Waals surface area contributed by atoms with Crippen molar-refractivity contribution in [1.29, 1.82) is 0 Å². The van der Waals surface area contributed by atoms with Crippen molar-refractivity contribution in [2.45, 2.75) is 44.2 Å². The van der Waals surface area contributed by atoms with Crippen molar-refractivity contribution in [1.82, 2.24) is 29.3 Å². The molecule has 0 bridgehead atoms. The highest BCUT2D eigenvalue weighted by molar-refractivity contribution is 5.84. The van der Waals surface area contributed by atoms with Crippen LogP contribution in [0.1, 0.15) is 46.8 Å². The molecule has 3 heterocycles. The topological polar surface area (TPSA) is 157 Å². The Morgan fingerprint density at radius 3 is 2.60 bits per heavy atom. The van der Waals surface area contributed by atoms with E-state index in [1.54, 1.807) is 41.3 Å². The Kier molecular flexibility index (Phi) is 8.24. The number of pyridine rings is 1. The summed E-state index contributed by atoms with van der Waals surface area (Å²) in [4.78, 5) is 40.5. The molecule has 0 radical (unpaired) electrons. The van der Waals surface area contributed by atoms with Crippen LogP contribution in [0.25, 0.3) is 27.8 Å². The van der Waals surface area contributed by atoms with Gasteiger partial charge in [-0.25, -0.2) is 9.37 Å². The number of nitrogen functional groups attached to an aromatic ring is 1. The molecule has 1 saturated carbocycles. The van der Waals surface area contributed by atoms with E-state index in [1.165, 1.54) is 10.6 Å². The highest BCUT2D eigenvalue weighted by atomic mass is 19.1. The average molecular weight is 645 g/mol. The molecule has 0 saturated heterocycles. The van der Waals surface area contributed by atoms with Crippen LogP contribution in [-0.4, -0.2) is 41.3 Å². The van der Waals surface area contributed by atoms with Gasteiger partial charge in [-0.3, -0.25) is 18.8 Å². The normalized spacial score (nSPS) is 13.5. The van der Waals surface area contributed by atoms with Crippen LogP contribution in [0.5, 0.6) is 0 Å². The molecule has 0 spiro atoms. The molecule has 1 fully saturated rings. The molecular weight excluding hydrogens is 611 g/mol. The number of rotatable bonds is 10. The van der Waals surface area contributed by atoms with E-state index in [0.717, 1.165) is 29.5 Å². The van der Waals surface area contributed by atoms with Gasteiger partial charge in [0.1, 0.15) is 24.3 Å². The van der Waals surface area contributed by atoms with E-state index in [-0.39, 0.29) is 30.2 Å². The molecule has 1 aliphatic rings. The molecule has 7 rings (SSSR count). The number of carbonyl (C=O) groups is 1. The molecule has 3 aromatic carbocycles. The van der Waals surface area contributed by atoms with E-state index < -0.39 is 23.4 Å². The minimum absolute atomic E-state index is 0.00599. The first-order valence-electron chi connectivity index (χ1n) is 15.6. The minimum Gasteiger partial charge on any atom is -0.460 e. The van der Waals surface area contributed by atoms with Crippen molar-refractivity contribution in [3.63, 3.8) is 0 Å². The first kappa shape index (κ1) is 30.9. The molecule has 1 aliphatic carbocycles. The molecule has 6 aromatic rings. The number of hydrogen-bond acceptors (Lipinski definition) is 9. The van der Waals surface area contributed by atoms with E-state index in [1.807, 2.05) is 49.6 Å². The van der Waals surface area contributed by atoms with Gasteiger partial charge in [-0.05, 0) is 65.5 Å². The monoisotopic (exact) mass is 644 g/mol. The van der Waals surface area contributed by atoms with Crippen LogP contribution in [0.15, 0.2) is 90.1 Å². The minimum atomic E-state index is -0.930. The van der Waals surface area contributed by atoms with E-state index in [2.05, 4.69) is 20.1 Å². The predicted molar refractivity (Wildman–Crippen MR) is 179 cm³/mol. The van der Waals surface area contributed by atoms with Crippen LogP contribution >= 0.6 is 0 Å². The van der Waals surface area contributed by atoms with Crippen LogP contribution in [0.4, 0.5) is 10.3 Å². The Labute approximate surface area is 275 Å². The number of anilines is 1. The van der Waals surface area contributed by atoms with Gasteiger partial charge in [0.2, 0.25) is 5.95 Å². The quantitative estimate of drug-likeness (QED) is 0.207. The Morgan fingerprint density at radius 1 is 1.04 bits per heavy atom. The number of aryl methyl sites for hydroxylation is 1. The molecule has 4 N–H and O–H groups in total. The van der Waals surface area contributed by atoms with Gasteiger partial charge in [-0.15, -0.1) is 0 Å². The fourth-order valence-corrected chi connectivity index (χ4v) is 5.94. The van der Waals surface area contributed by atoms with Crippen molar-refractivity contribution in [3.8, 4) is 17.1 Å². The van der Waals surface area contributed by atoms with Crippen LogP contribution in [0, 0.1) is 5.82 Å². The van der Waals surface area contributed by atoms with Gasteiger partial charge >= 0.3 is 5.97 Å². The first-order chi connectivity index (χ1) is 23.2. The Balaban J connectivity index is 1.30. The maximum absolute atomic E-state index is 15.5. The summed E-state index contributed by atoms with van der Waals surface area (Å²) < 4.78 is 24.3. The molecule has 0 amide bonds. The standard InChI is InChI=1S/C36H33FN8O3/c1-44-19-22(18-40-44)15-31-41-33(43-36(39)42-31)26-8-5-9-30(27(26)20-48-35(47)29(38)14-21-6-3-2-4-7-21)45-13-12-24-16-25(23-10-11-23)17-28(37)32(24)34(45)46/h2-9,12-13,16-19,23,29H,10-11,14-15,20,38H2,1H3,(H2,39,41,42,43)/t29-/m0/s1. The van der Waals surface area contributed by atoms with Gasteiger partial charge in [0.15, 0.2) is 5.82 Å². The maximum atomic E-state index is 15.5. The third-order valence-corrected chi connectivity index (χ3v) is 8.46. The fourth-order valence-electron chi connectivity index (χ4n) is 5.94. The van der Waals surface area contributed by atoms with Crippen molar-refractivity contribution in [2.24, 2.45) is 12.8 Å². The number of hydrogen-bond donors (Lipinski definition) is 2. The van der Waals surface area contributed by atoms with Crippen LogP contribution in [-0.2, 0) is 36.0 Å². The molecule has 12 heteroatoms. The SMILES string of the molecule is Cn1cc(Cc2nc(N)nc(-c3cccc(-n4ccc5cc(C6CC6)cc(F)c5c4=O)c3COC(=O)[C@@H](N)Cc3ccccc3)n2)cn1. The van der Waals surface area contributed by atoms with E-state index >= 15 is 4.39 Å². The molecule has 242 valence electrons. The zero-order chi connectivity index (χ0) is 33.4. The summed E-state index contributed by atoms with van der Waals surface area (Å²) in [6.07, 6.45) is 7.81. The molecule has 0 aliphatic heterocycles. The summed E-state index contributed by atoms with van der Waals surface area (Å²) in [5, 5.41) is 4.71. The van der Waals surface area contributed by atoms with Gasteiger partial charge in [-0.1, -0.05) is 48.5 Å². The second-order valence-electron chi connectivity index (χ2n) is 12.1. The number of benzene rings is 3. The first-order valence-corrected chi connectivity index (χ1v) is 15.6. The third-order valence-electron chi connectivity index (χ3n) is 8.46. The van der Waals surface area contributed by atoms with Gasteiger partial charge < -0.3 is 16.2 Å². The summed E-state index contributed by atoms with van der Waals surface area (Å²) in [5.41, 5.74) is 15.7. The Bertz CT molecular complexity index is 2210. The smallest absolute Gasteiger partial charge is 0.323 e. The molecule has 11 nitrogen and oxygen atoms in total. The largest absolute Gasteiger partial charge is 0.460 e.